The van der Waals surface area contributed by atoms with Crippen LogP contribution in [0.1, 0.15) is 25.3 Å². The van der Waals surface area contributed by atoms with Crippen molar-refractivity contribution in [1.29, 1.82) is 0 Å². The highest BCUT2D eigenvalue weighted by Gasteiger charge is 2.04. The fourth-order valence-corrected chi connectivity index (χ4v) is 1.81. The quantitative estimate of drug-likeness (QED) is 0.467. The largest absolute Gasteiger partial charge is 0.493 e. The Morgan fingerprint density at radius 3 is 3.09 bits per heavy atom. The van der Waals surface area contributed by atoms with Gasteiger partial charge < -0.3 is 4.74 Å². The highest BCUT2D eigenvalue weighted by molar-refractivity contribution is 6.32. The van der Waals surface area contributed by atoms with Crippen LogP contribution in [0.15, 0.2) is 40.4 Å². The molecule has 0 spiro atoms. The van der Waals surface area contributed by atoms with Crippen LogP contribution < -0.4 is 15.7 Å². The van der Waals surface area contributed by atoms with Crippen LogP contribution in [0.2, 0.25) is 5.02 Å². The Labute approximate surface area is 133 Å². The standard InChI is InChI=1S/C15H17ClN4O2/c1-2-3-8-22-13-7-5-4-6-11(13)9-17-19-12-10-18-20-15(21)14(12)16/h4-7,9-10H,2-3,8H2,1H3,(H2,19,20,21)/b17-9+. The summed E-state index contributed by atoms with van der Waals surface area (Å²) in [4.78, 5) is 11.3. The van der Waals surface area contributed by atoms with Crippen LogP contribution in [-0.4, -0.2) is 23.0 Å². The molecule has 0 saturated heterocycles. The summed E-state index contributed by atoms with van der Waals surface area (Å²) in [5.41, 5.74) is 3.40. The zero-order chi connectivity index (χ0) is 15.8. The lowest BCUT2D eigenvalue weighted by Gasteiger charge is -2.08. The average Bonchev–Trinajstić information content (AvgIpc) is 2.53. The minimum absolute atomic E-state index is 0.0135. The van der Waals surface area contributed by atoms with Gasteiger partial charge in [0.2, 0.25) is 0 Å². The summed E-state index contributed by atoms with van der Waals surface area (Å²) in [5.74, 6) is 0.761. The number of hydrazone groups is 1. The molecule has 0 amide bonds. The van der Waals surface area contributed by atoms with Gasteiger partial charge in [0.1, 0.15) is 16.5 Å². The lowest BCUT2D eigenvalue weighted by atomic mass is 10.2. The highest BCUT2D eigenvalue weighted by atomic mass is 35.5. The summed E-state index contributed by atoms with van der Waals surface area (Å²) < 4.78 is 5.71. The molecule has 1 aromatic heterocycles. The summed E-state index contributed by atoms with van der Waals surface area (Å²) in [6, 6.07) is 7.59. The van der Waals surface area contributed by atoms with Gasteiger partial charge in [-0.05, 0) is 18.6 Å². The molecule has 0 aliphatic carbocycles. The first-order valence-corrected chi connectivity index (χ1v) is 7.34. The van der Waals surface area contributed by atoms with Crippen molar-refractivity contribution in [3.8, 4) is 5.75 Å². The lowest BCUT2D eigenvalue weighted by molar-refractivity contribution is 0.309. The fraction of sp³-hybridized carbons (Fsp3) is 0.267. The van der Waals surface area contributed by atoms with Gasteiger partial charge in [-0.2, -0.15) is 10.2 Å². The number of hydrogen-bond donors (Lipinski definition) is 2. The monoisotopic (exact) mass is 320 g/mol. The van der Waals surface area contributed by atoms with Crippen LogP contribution in [0, 0.1) is 0 Å². The number of halogens is 1. The SMILES string of the molecule is CCCCOc1ccccc1/C=N/Nc1cn[nH]c(=O)c1Cl. The molecule has 0 aliphatic rings. The topological polar surface area (TPSA) is 79.4 Å². The summed E-state index contributed by atoms with van der Waals surface area (Å²) >= 11 is 5.85. The van der Waals surface area contributed by atoms with E-state index in [1.54, 1.807) is 6.21 Å². The van der Waals surface area contributed by atoms with Gasteiger partial charge in [-0.25, -0.2) is 5.10 Å². The molecule has 7 heteroatoms. The van der Waals surface area contributed by atoms with Crippen LogP contribution in [0.4, 0.5) is 5.69 Å². The smallest absolute Gasteiger partial charge is 0.285 e. The van der Waals surface area contributed by atoms with Crippen LogP contribution in [0.3, 0.4) is 0 Å². The van der Waals surface area contributed by atoms with E-state index in [1.165, 1.54) is 6.20 Å². The first-order valence-electron chi connectivity index (χ1n) is 6.96. The second-order valence-corrected chi connectivity index (χ2v) is 4.91. The van der Waals surface area contributed by atoms with Crippen molar-refractivity contribution >= 4 is 23.5 Å². The molecule has 2 aromatic rings. The molecular weight excluding hydrogens is 304 g/mol. The zero-order valence-electron chi connectivity index (χ0n) is 12.2. The maximum Gasteiger partial charge on any atom is 0.285 e. The molecule has 0 saturated carbocycles. The van der Waals surface area contributed by atoms with Crippen molar-refractivity contribution in [2.24, 2.45) is 5.10 Å². The van der Waals surface area contributed by atoms with Crippen LogP contribution in [-0.2, 0) is 0 Å². The maximum absolute atomic E-state index is 11.3. The van der Waals surface area contributed by atoms with E-state index < -0.39 is 5.56 Å². The van der Waals surface area contributed by atoms with E-state index >= 15 is 0 Å². The molecule has 1 heterocycles. The van der Waals surface area contributed by atoms with Gasteiger partial charge in [-0.3, -0.25) is 10.2 Å². The molecule has 1 aromatic carbocycles. The molecule has 0 fully saturated rings. The second-order valence-electron chi connectivity index (χ2n) is 4.54. The van der Waals surface area contributed by atoms with Crippen LogP contribution in [0.25, 0.3) is 0 Å². The third-order valence-corrected chi connectivity index (χ3v) is 3.23. The highest BCUT2D eigenvalue weighted by Crippen LogP contribution is 2.17. The second kappa shape index (κ2) is 8.19. The van der Waals surface area contributed by atoms with Gasteiger partial charge in [0, 0.05) is 5.56 Å². The van der Waals surface area contributed by atoms with E-state index in [1.807, 2.05) is 24.3 Å². The van der Waals surface area contributed by atoms with Crippen molar-refractivity contribution in [2.45, 2.75) is 19.8 Å². The first kappa shape index (κ1) is 16.0. The molecule has 22 heavy (non-hydrogen) atoms. The van der Waals surface area contributed by atoms with Crippen molar-refractivity contribution in [3.63, 3.8) is 0 Å². The number of anilines is 1. The summed E-state index contributed by atoms with van der Waals surface area (Å²) in [6.45, 7) is 2.78. The van der Waals surface area contributed by atoms with E-state index in [0.29, 0.717) is 12.3 Å². The molecule has 2 rings (SSSR count). The van der Waals surface area contributed by atoms with Gasteiger partial charge in [-0.15, -0.1) is 0 Å². The number of unbranched alkanes of at least 4 members (excludes halogenated alkanes) is 1. The van der Waals surface area contributed by atoms with Crippen LogP contribution in [0.5, 0.6) is 5.75 Å². The van der Waals surface area contributed by atoms with E-state index in [9.17, 15) is 4.79 Å². The molecule has 0 aliphatic heterocycles. The molecule has 0 atom stereocenters. The number of aromatic amines is 1. The Bertz CT molecular complexity index is 700. The van der Waals surface area contributed by atoms with Crippen molar-refractivity contribution in [1.82, 2.24) is 10.2 Å². The predicted molar refractivity (Wildman–Crippen MR) is 87.9 cm³/mol. The van der Waals surface area contributed by atoms with E-state index in [4.69, 9.17) is 16.3 Å². The predicted octanol–water partition coefficient (Wildman–Crippen LogP) is 3.05. The number of rotatable bonds is 7. The summed E-state index contributed by atoms with van der Waals surface area (Å²) in [5, 5.41) is 9.98. The number of para-hydroxylation sites is 1. The lowest BCUT2D eigenvalue weighted by Crippen LogP contribution is -2.10. The molecule has 116 valence electrons. The molecular formula is C15H17ClN4O2. The minimum Gasteiger partial charge on any atom is -0.493 e. The normalized spacial score (nSPS) is 10.8. The Hall–Kier alpha value is -2.34. The number of aromatic nitrogens is 2. The third kappa shape index (κ3) is 4.33. The van der Waals surface area contributed by atoms with Crippen LogP contribution >= 0.6 is 11.6 Å². The Kier molecular flexibility index (Phi) is 5.97. The molecule has 2 N–H and O–H groups in total. The number of ether oxygens (including phenoxy) is 1. The molecule has 0 unspecified atom stereocenters. The van der Waals surface area contributed by atoms with Gasteiger partial charge >= 0.3 is 0 Å². The molecule has 6 nitrogen and oxygen atoms in total. The van der Waals surface area contributed by atoms with Crippen molar-refractivity contribution in [3.05, 3.63) is 51.4 Å². The Morgan fingerprint density at radius 2 is 2.27 bits per heavy atom. The average molecular weight is 321 g/mol. The summed E-state index contributed by atoms with van der Waals surface area (Å²) in [7, 11) is 0. The molecule has 0 bridgehead atoms. The Balaban J connectivity index is 2.06. The minimum atomic E-state index is -0.467. The number of nitrogens with one attached hydrogen (secondary N) is 2. The van der Waals surface area contributed by atoms with E-state index in [-0.39, 0.29) is 5.02 Å². The number of hydrogen-bond acceptors (Lipinski definition) is 5. The first-order chi connectivity index (χ1) is 10.7. The zero-order valence-corrected chi connectivity index (χ0v) is 12.9. The fourth-order valence-electron chi connectivity index (χ4n) is 1.68. The van der Waals surface area contributed by atoms with Gasteiger partial charge in [0.15, 0.2) is 0 Å². The number of nitrogens with zero attached hydrogens (tertiary/aromatic N) is 2. The Morgan fingerprint density at radius 1 is 1.45 bits per heavy atom. The summed E-state index contributed by atoms with van der Waals surface area (Å²) in [6.07, 6.45) is 5.08. The van der Waals surface area contributed by atoms with Crippen molar-refractivity contribution < 1.29 is 4.74 Å². The van der Waals surface area contributed by atoms with E-state index in [0.717, 1.165) is 24.2 Å². The molecule has 0 radical (unpaired) electrons. The maximum atomic E-state index is 11.3. The number of benzene rings is 1. The third-order valence-electron chi connectivity index (χ3n) is 2.86. The number of H-pyrrole nitrogens is 1. The van der Waals surface area contributed by atoms with Gasteiger partial charge in [-0.1, -0.05) is 37.1 Å². The van der Waals surface area contributed by atoms with Gasteiger partial charge in [0.05, 0.1) is 19.0 Å². The van der Waals surface area contributed by atoms with Crippen molar-refractivity contribution in [2.75, 3.05) is 12.0 Å². The van der Waals surface area contributed by atoms with E-state index in [2.05, 4.69) is 27.6 Å². The van der Waals surface area contributed by atoms with Gasteiger partial charge in [0.25, 0.3) is 5.56 Å².